The molecule has 0 aliphatic carbocycles. The number of amides is 2. The van der Waals surface area contributed by atoms with Crippen LogP contribution >= 0.6 is 0 Å². The first kappa shape index (κ1) is 15.7. The summed E-state index contributed by atoms with van der Waals surface area (Å²) in [5, 5.41) is 14.1. The zero-order chi connectivity index (χ0) is 15.3. The molecule has 1 aromatic carbocycles. The smallest absolute Gasteiger partial charge is 0.330 e. The van der Waals surface area contributed by atoms with Crippen molar-refractivity contribution in [1.82, 2.24) is 10.6 Å². The van der Waals surface area contributed by atoms with Crippen LogP contribution < -0.4 is 10.6 Å². The van der Waals surface area contributed by atoms with Crippen molar-refractivity contribution in [3.05, 3.63) is 35.9 Å². The Morgan fingerprint density at radius 1 is 1.15 bits per heavy atom. The van der Waals surface area contributed by atoms with Crippen LogP contribution in [0, 0.1) is 0 Å². The molecular weight excluding hydrogens is 260 g/mol. The molecule has 0 saturated heterocycles. The second-order valence-electron chi connectivity index (χ2n) is 4.96. The molecule has 6 heteroatoms. The molecule has 3 N–H and O–H groups in total. The lowest BCUT2D eigenvalue weighted by atomic mass is 10.0. The predicted octanol–water partition coefficient (Wildman–Crippen LogP) is 0.843. The number of nitrogens with one attached hydrogen (secondary N) is 2. The number of carbonyl (C=O) groups is 3. The van der Waals surface area contributed by atoms with E-state index in [4.69, 9.17) is 0 Å². The summed E-state index contributed by atoms with van der Waals surface area (Å²) in [5.74, 6) is -2.09. The van der Waals surface area contributed by atoms with Crippen molar-refractivity contribution in [1.29, 1.82) is 0 Å². The van der Waals surface area contributed by atoms with Crippen molar-refractivity contribution in [2.45, 2.75) is 32.4 Å². The van der Waals surface area contributed by atoms with Gasteiger partial charge in [0, 0.05) is 6.92 Å². The fourth-order valence-electron chi connectivity index (χ4n) is 1.74. The summed E-state index contributed by atoms with van der Waals surface area (Å²) in [6.45, 7) is 4.31. The van der Waals surface area contributed by atoms with Crippen molar-refractivity contribution in [2.75, 3.05) is 0 Å². The van der Waals surface area contributed by atoms with Gasteiger partial charge in [-0.3, -0.25) is 9.59 Å². The van der Waals surface area contributed by atoms with Gasteiger partial charge in [0.25, 0.3) is 0 Å². The highest BCUT2D eigenvalue weighted by Crippen LogP contribution is 2.14. The molecule has 0 aliphatic heterocycles. The van der Waals surface area contributed by atoms with Gasteiger partial charge >= 0.3 is 5.97 Å². The Labute approximate surface area is 117 Å². The number of aliphatic carboxylic acids is 1. The Balaban J connectivity index is 2.90. The van der Waals surface area contributed by atoms with Gasteiger partial charge in [0.15, 0.2) is 6.04 Å². The molecule has 0 aromatic heterocycles. The topological polar surface area (TPSA) is 95.5 Å². The number of benzene rings is 1. The average Bonchev–Trinajstić information content (AvgIpc) is 2.34. The van der Waals surface area contributed by atoms with Crippen LogP contribution in [0.25, 0.3) is 0 Å². The van der Waals surface area contributed by atoms with E-state index in [-0.39, 0.29) is 5.91 Å². The summed E-state index contributed by atoms with van der Waals surface area (Å²) in [6, 6.07) is 7.21. The van der Waals surface area contributed by atoms with Crippen LogP contribution in [-0.4, -0.2) is 28.4 Å². The summed E-state index contributed by atoms with van der Waals surface area (Å²) < 4.78 is 0. The molecule has 1 unspecified atom stereocenters. The lowest BCUT2D eigenvalue weighted by Crippen LogP contribution is -2.55. The fourth-order valence-corrected chi connectivity index (χ4v) is 1.74. The molecule has 1 aromatic rings. The van der Waals surface area contributed by atoms with E-state index < -0.39 is 23.5 Å². The average molecular weight is 278 g/mol. The maximum absolute atomic E-state index is 12.1. The minimum atomic E-state index is -1.19. The van der Waals surface area contributed by atoms with Gasteiger partial charge < -0.3 is 15.7 Å². The molecule has 1 rings (SSSR count). The van der Waals surface area contributed by atoms with Gasteiger partial charge in [0.1, 0.15) is 5.54 Å². The number of carboxylic acid groups (broad SMARTS) is 1. The van der Waals surface area contributed by atoms with Crippen molar-refractivity contribution in [3.63, 3.8) is 0 Å². The van der Waals surface area contributed by atoms with Gasteiger partial charge in [-0.05, 0) is 19.4 Å². The maximum Gasteiger partial charge on any atom is 0.330 e. The summed E-state index contributed by atoms with van der Waals surface area (Å²) in [5.41, 5.74) is -0.721. The van der Waals surface area contributed by atoms with Crippen LogP contribution in [0.3, 0.4) is 0 Å². The monoisotopic (exact) mass is 278 g/mol. The van der Waals surface area contributed by atoms with Crippen molar-refractivity contribution >= 4 is 17.8 Å². The summed E-state index contributed by atoms with van der Waals surface area (Å²) in [4.78, 5) is 34.4. The third-order valence-corrected chi connectivity index (χ3v) is 2.71. The zero-order valence-electron chi connectivity index (χ0n) is 11.6. The van der Waals surface area contributed by atoms with Gasteiger partial charge in [0.05, 0.1) is 0 Å². The van der Waals surface area contributed by atoms with Gasteiger partial charge in [-0.25, -0.2) is 4.79 Å². The molecule has 0 bridgehead atoms. The molecule has 108 valence electrons. The van der Waals surface area contributed by atoms with E-state index in [0.29, 0.717) is 5.56 Å². The lowest BCUT2D eigenvalue weighted by molar-refractivity contribution is -0.143. The third kappa shape index (κ3) is 4.08. The van der Waals surface area contributed by atoms with E-state index in [9.17, 15) is 19.5 Å². The Bertz CT molecular complexity index is 511. The molecule has 0 saturated carbocycles. The number of hydrogen-bond acceptors (Lipinski definition) is 3. The maximum atomic E-state index is 12.1. The van der Waals surface area contributed by atoms with E-state index in [1.807, 2.05) is 0 Å². The number of rotatable bonds is 5. The normalized spacial score (nSPS) is 12.3. The van der Waals surface area contributed by atoms with Crippen molar-refractivity contribution < 1.29 is 19.5 Å². The summed E-state index contributed by atoms with van der Waals surface area (Å²) >= 11 is 0. The SMILES string of the molecule is CC(=O)NC(C)(C)C(=O)NC(C(=O)O)c1ccccc1. The second kappa shape index (κ2) is 6.18. The third-order valence-electron chi connectivity index (χ3n) is 2.71. The summed E-state index contributed by atoms with van der Waals surface area (Å²) in [6.07, 6.45) is 0. The molecular formula is C14H18N2O4. The quantitative estimate of drug-likeness (QED) is 0.743. The largest absolute Gasteiger partial charge is 0.479 e. The van der Waals surface area contributed by atoms with Crippen LogP contribution in [0.2, 0.25) is 0 Å². The first-order valence-corrected chi connectivity index (χ1v) is 6.11. The first-order chi connectivity index (χ1) is 9.24. The molecule has 0 aliphatic rings. The zero-order valence-corrected chi connectivity index (χ0v) is 11.6. The van der Waals surface area contributed by atoms with Crippen molar-refractivity contribution in [3.8, 4) is 0 Å². The van der Waals surface area contributed by atoms with E-state index in [1.165, 1.54) is 20.8 Å². The van der Waals surface area contributed by atoms with E-state index in [1.54, 1.807) is 30.3 Å². The predicted molar refractivity (Wildman–Crippen MR) is 72.9 cm³/mol. The Morgan fingerprint density at radius 3 is 2.15 bits per heavy atom. The lowest BCUT2D eigenvalue weighted by Gasteiger charge is -2.26. The van der Waals surface area contributed by atoms with Crippen LogP contribution in [0.4, 0.5) is 0 Å². The molecule has 0 radical (unpaired) electrons. The minimum Gasteiger partial charge on any atom is -0.479 e. The van der Waals surface area contributed by atoms with Crippen molar-refractivity contribution in [2.24, 2.45) is 0 Å². The number of carboxylic acids is 1. The second-order valence-corrected chi connectivity index (χ2v) is 4.96. The van der Waals surface area contributed by atoms with E-state index >= 15 is 0 Å². The highest BCUT2D eigenvalue weighted by molar-refractivity contribution is 5.93. The van der Waals surface area contributed by atoms with E-state index in [2.05, 4.69) is 10.6 Å². The van der Waals surface area contributed by atoms with E-state index in [0.717, 1.165) is 0 Å². The van der Waals surface area contributed by atoms with Gasteiger partial charge in [-0.15, -0.1) is 0 Å². The summed E-state index contributed by atoms with van der Waals surface area (Å²) in [7, 11) is 0. The molecule has 20 heavy (non-hydrogen) atoms. The molecule has 0 heterocycles. The van der Waals surface area contributed by atoms with Crippen LogP contribution in [0.1, 0.15) is 32.4 Å². The van der Waals surface area contributed by atoms with Gasteiger partial charge in [0.2, 0.25) is 11.8 Å². The molecule has 0 fully saturated rings. The Hall–Kier alpha value is -2.37. The fraction of sp³-hybridized carbons (Fsp3) is 0.357. The van der Waals surface area contributed by atoms with Crippen LogP contribution in [0.15, 0.2) is 30.3 Å². The van der Waals surface area contributed by atoms with Crippen LogP contribution in [-0.2, 0) is 14.4 Å². The molecule has 2 amide bonds. The highest BCUT2D eigenvalue weighted by Gasteiger charge is 2.32. The van der Waals surface area contributed by atoms with Gasteiger partial charge in [-0.2, -0.15) is 0 Å². The first-order valence-electron chi connectivity index (χ1n) is 6.11. The molecule has 0 spiro atoms. The Morgan fingerprint density at radius 2 is 1.70 bits per heavy atom. The number of hydrogen-bond donors (Lipinski definition) is 3. The molecule has 1 atom stereocenters. The highest BCUT2D eigenvalue weighted by atomic mass is 16.4. The standard InChI is InChI=1S/C14H18N2O4/c1-9(17)16-14(2,3)13(20)15-11(12(18)19)10-7-5-4-6-8-10/h4-8,11H,1-3H3,(H,15,20)(H,16,17)(H,18,19). The van der Waals surface area contributed by atoms with Gasteiger partial charge in [-0.1, -0.05) is 30.3 Å². The minimum absolute atomic E-state index is 0.364. The molecule has 6 nitrogen and oxygen atoms in total. The Kier molecular flexibility index (Phi) is 4.85. The number of carbonyl (C=O) groups excluding carboxylic acids is 2. The van der Waals surface area contributed by atoms with Crippen LogP contribution in [0.5, 0.6) is 0 Å².